The molecule has 0 spiro atoms. The lowest BCUT2D eigenvalue weighted by molar-refractivity contribution is -0.130. The number of likely N-dealkylation sites (tertiary alicyclic amines) is 1. The molecule has 0 aromatic heterocycles. The van der Waals surface area contributed by atoms with Gasteiger partial charge in [-0.3, -0.25) is 4.79 Å². The van der Waals surface area contributed by atoms with Gasteiger partial charge in [-0.25, -0.2) is 0 Å². The van der Waals surface area contributed by atoms with Gasteiger partial charge < -0.3 is 20.3 Å². The number of nitrogens with two attached hydrogens (primary N) is 1. The fraction of sp³-hybridized carbons (Fsp3) is 0.435. The van der Waals surface area contributed by atoms with E-state index in [9.17, 15) is 4.79 Å². The number of rotatable bonds is 5. The first-order chi connectivity index (χ1) is 13.7. The van der Waals surface area contributed by atoms with Gasteiger partial charge in [0.25, 0.3) is 0 Å². The van der Waals surface area contributed by atoms with Crippen LogP contribution in [0.4, 0.5) is 11.4 Å². The zero-order valence-corrected chi connectivity index (χ0v) is 16.6. The Morgan fingerprint density at radius 1 is 1.14 bits per heavy atom. The molecule has 1 saturated heterocycles. The SMILES string of the molecule is CCOc1ccc(C2CCCN2C(=O)CN2CCCc3c(N)cccc32)cc1. The number of carbonyl (C=O) groups excluding carboxylic acids is 1. The minimum Gasteiger partial charge on any atom is -0.494 e. The van der Waals surface area contributed by atoms with E-state index in [2.05, 4.69) is 28.0 Å². The number of fused-ring (bicyclic) bond motifs is 1. The van der Waals surface area contributed by atoms with Crippen molar-refractivity contribution in [1.82, 2.24) is 4.90 Å². The van der Waals surface area contributed by atoms with Crippen molar-refractivity contribution in [2.24, 2.45) is 0 Å². The number of nitrogens with zero attached hydrogens (tertiary/aromatic N) is 2. The van der Waals surface area contributed by atoms with Crippen molar-refractivity contribution in [3.63, 3.8) is 0 Å². The molecule has 2 aliphatic heterocycles. The molecule has 148 valence electrons. The predicted octanol–water partition coefficient (Wildman–Crippen LogP) is 3.78. The van der Waals surface area contributed by atoms with E-state index >= 15 is 0 Å². The summed E-state index contributed by atoms with van der Waals surface area (Å²) in [6, 6.07) is 14.4. The molecule has 1 unspecified atom stereocenters. The van der Waals surface area contributed by atoms with Crippen LogP contribution in [0.15, 0.2) is 42.5 Å². The lowest BCUT2D eigenvalue weighted by atomic mass is 10.00. The molecule has 1 fully saturated rings. The molecule has 0 bridgehead atoms. The average Bonchev–Trinajstić information content (AvgIpc) is 3.20. The minimum absolute atomic E-state index is 0.160. The highest BCUT2D eigenvalue weighted by Gasteiger charge is 2.31. The van der Waals surface area contributed by atoms with Crippen LogP contribution in [-0.4, -0.2) is 37.0 Å². The van der Waals surface area contributed by atoms with E-state index in [4.69, 9.17) is 10.5 Å². The summed E-state index contributed by atoms with van der Waals surface area (Å²) < 4.78 is 5.54. The smallest absolute Gasteiger partial charge is 0.242 e. The van der Waals surface area contributed by atoms with E-state index < -0.39 is 0 Å². The molecule has 5 nitrogen and oxygen atoms in total. The molecule has 2 aliphatic rings. The third kappa shape index (κ3) is 3.66. The molecule has 28 heavy (non-hydrogen) atoms. The van der Waals surface area contributed by atoms with Crippen molar-refractivity contribution in [2.75, 3.05) is 36.9 Å². The topological polar surface area (TPSA) is 58.8 Å². The Labute approximate surface area is 167 Å². The lowest BCUT2D eigenvalue weighted by Gasteiger charge is -2.34. The Kier molecular flexibility index (Phi) is 5.42. The number of benzene rings is 2. The van der Waals surface area contributed by atoms with Crippen molar-refractivity contribution in [2.45, 2.75) is 38.6 Å². The molecule has 0 saturated carbocycles. The third-order valence-electron chi connectivity index (χ3n) is 5.86. The van der Waals surface area contributed by atoms with E-state index in [0.717, 1.165) is 55.9 Å². The second-order valence-corrected chi connectivity index (χ2v) is 7.62. The van der Waals surface area contributed by atoms with Crippen LogP contribution in [-0.2, 0) is 11.2 Å². The van der Waals surface area contributed by atoms with Crippen molar-refractivity contribution < 1.29 is 9.53 Å². The fourth-order valence-electron chi connectivity index (χ4n) is 4.51. The van der Waals surface area contributed by atoms with Gasteiger partial charge in [-0.15, -0.1) is 0 Å². The number of hydrogen-bond acceptors (Lipinski definition) is 4. The fourth-order valence-corrected chi connectivity index (χ4v) is 4.51. The van der Waals surface area contributed by atoms with Crippen molar-refractivity contribution in [1.29, 1.82) is 0 Å². The predicted molar refractivity (Wildman–Crippen MR) is 113 cm³/mol. The largest absolute Gasteiger partial charge is 0.494 e. The van der Waals surface area contributed by atoms with Gasteiger partial charge in [-0.2, -0.15) is 0 Å². The highest BCUT2D eigenvalue weighted by atomic mass is 16.5. The molecule has 2 aromatic carbocycles. The molecule has 5 heteroatoms. The molecule has 4 rings (SSSR count). The van der Waals surface area contributed by atoms with Gasteiger partial charge in [0.2, 0.25) is 5.91 Å². The highest BCUT2D eigenvalue weighted by molar-refractivity contribution is 5.83. The van der Waals surface area contributed by atoms with Crippen LogP contribution in [0.1, 0.15) is 43.4 Å². The number of ether oxygens (including phenoxy) is 1. The monoisotopic (exact) mass is 379 g/mol. The summed E-state index contributed by atoms with van der Waals surface area (Å²) in [5, 5.41) is 0. The molecule has 1 atom stereocenters. The van der Waals surface area contributed by atoms with E-state index in [-0.39, 0.29) is 11.9 Å². The van der Waals surface area contributed by atoms with Crippen molar-refractivity contribution in [3.8, 4) is 5.75 Å². The van der Waals surface area contributed by atoms with E-state index in [1.54, 1.807) is 0 Å². The van der Waals surface area contributed by atoms with Gasteiger partial charge in [-0.05, 0) is 68.0 Å². The Morgan fingerprint density at radius 3 is 2.75 bits per heavy atom. The zero-order valence-electron chi connectivity index (χ0n) is 16.6. The van der Waals surface area contributed by atoms with Gasteiger partial charge >= 0.3 is 0 Å². The molecule has 0 radical (unpaired) electrons. The van der Waals surface area contributed by atoms with Gasteiger partial charge in [0, 0.05) is 24.5 Å². The number of nitrogen functional groups attached to an aromatic ring is 1. The summed E-state index contributed by atoms with van der Waals surface area (Å²) in [7, 11) is 0. The summed E-state index contributed by atoms with van der Waals surface area (Å²) in [5.41, 5.74) is 10.5. The standard InChI is InChI=1S/C23H29N3O2/c1-2-28-18-12-10-17(11-13-18)21-9-5-15-26(21)23(27)16-25-14-4-6-19-20(24)7-3-8-22(19)25/h3,7-8,10-13,21H,2,4-6,9,14-16,24H2,1H3. The minimum atomic E-state index is 0.160. The Bertz CT molecular complexity index is 834. The summed E-state index contributed by atoms with van der Waals surface area (Å²) >= 11 is 0. The van der Waals surface area contributed by atoms with E-state index in [1.165, 1.54) is 11.1 Å². The summed E-state index contributed by atoms with van der Waals surface area (Å²) in [6.07, 6.45) is 4.10. The molecular weight excluding hydrogens is 350 g/mol. The number of hydrogen-bond donors (Lipinski definition) is 1. The third-order valence-corrected chi connectivity index (χ3v) is 5.86. The molecule has 2 aromatic rings. The molecule has 2 N–H and O–H groups in total. The molecular formula is C23H29N3O2. The summed E-state index contributed by atoms with van der Waals surface area (Å²) in [6.45, 7) is 4.80. The van der Waals surface area contributed by atoms with Crippen LogP contribution in [0, 0.1) is 0 Å². The quantitative estimate of drug-likeness (QED) is 0.803. The average molecular weight is 380 g/mol. The second-order valence-electron chi connectivity index (χ2n) is 7.62. The maximum atomic E-state index is 13.2. The van der Waals surface area contributed by atoms with Crippen LogP contribution in [0.3, 0.4) is 0 Å². The first kappa shape index (κ1) is 18.7. The number of carbonyl (C=O) groups is 1. The van der Waals surface area contributed by atoms with Crippen LogP contribution in [0.2, 0.25) is 0 Å². The lowest BCUT2D eigenvalue weighted by Crippen LogP contribution is -2.42. The van der Waals surface area contributed by atoms with Gasteiger partial charge in [0.1, 0.15) is 5.75 Å². The number of anilines is 2. The maximum absolute atomic E-state index is 13.2. The second kappa shape index (κ2) is 8.13. The van der Waals surface area contributed by atoms with E-state index in [0.29, 0.717) is 13.2 Å². The van der Waals surface area contributed by atoms with Crippen LogP contribution >= 0.6 is 0 Å². The first-order valence-electron chi connectivity index (χ1n) is 10.3. The molecule has 2 heterocycles. The Balaban J connectivity index is 1.48. The van der Waals surface area contributed by atoms with Gasteiger partial charge in [-0.1, -0.05) is 18.2 Å². The highest BCUT2D eigenvalue weighted by Crippen LogP contribution is 2.35. The van der Waals surface area contributed by atoms with Gasteiger partial charge in [0.15, 0.2) is 0 Å². The van der Waals surface area contributed by atoms with Crippen molar-refractivity contribution in [3.05, 3.63) is 53.6 Å². The van der Waals surface area contributed by atoms with Crippen LogP contribution in [0.25, 0.3) is 0 Å². The first-order valence-corrected chi connectivity index (χ1v) is 10.3. The molecule has 1 amide bonds. The Morgan fingerprint density at radius 2 is 1.96 bits per heavy atom. The normalized spacial score (nSPS) is 18.8. The van der Waals surface area contributed by atoms with Gasteiger partial charge in [0.05, 0.1) is 19.2 Å². The Hall–Kier alpha value is -2.69. The zero-order chi connectivity index (χ0) is 19.5. The number of amides is 1. The van der Waals surface area contributed by atoms with Crippen molar-refractivity contribution >= 4 is 17.3 Å². The van der Waals surface area contributed by atoms with E-state index in [1.807, 2.05) is 31.2 Å². The van der Waals surface area contributed by atoms with Crippen LogP contribution in [0.5, 0.6) is 5.75 Å². The summed E-state index contributed by atoms with van der Waals surface area (Å²) in [5.74, 6) is 1.08. The maximum Gasteiger partial charge on any atom is 0.242 e. The summed E-state index contributed by atoms with van der Waals surface area (Å²) in [4.78, 5) is 17.4. The van der Waals surface area contributed by atoms with Crippen LogP contribution < -0.4 is 15.4 Å². The molecule has 0 aliphatic carbocycles.